The standard InChI is InChI=1S/C35H42F4N4O11/c1-5-18(4)30(34(51)41-23(14-26(47)48)24(44)16-53-31-27(38)20(36)13-21(37)28(31)39)42-32(49)22(11-12-25(45)46)40-33(50)29(17(2)3)43-35(52)54-15-19-9-7-6-8-10-19/h6-10,13,17-18,22-23,29-30H,5,11-12,14-16H2,1-4H3,(H,40,50)(H,41,51)(H,42,49)(H,43,52)(H,45,46)(H,47,48). The third-order valence-electron chi connectivity index (χ3n) is 8.02. The molecule has 0 spiro atoms. The predicted octanol–water partition coefficient (Wildman–Crippen LogP) is 2.98. The molecule has 5 unspecified atom stereocenters. The molecule has 0 aliphatic heterocycles. The predicted molar refractivity (Wildman–Crippen MR) is 180 cm³/mol. The van der Waals surface area contributed by atoms with E-state index in [2.05, 4.69) is 26.0 Å². The normalized spacial score (nSPS) is 13.7. The van der Waals surface area contributed by atoms with Crippen LogP contribution in [0.2, 0.25) is 0 Å². The van der Waals surface area contributed by atoms with Crippen molar-refractivity contribution in [1.82, 2.24) is 21.3 Å². The fraction of sp³-hybridized carbons (Fsp3) is 0.457. The first-order chi connectivity index (χ1) is 25.4. The Morgan fingerprint density at radius 1 is 0.741 bits per heavy atom. The molecule has 19 heteroatoms. The van der Waals surface area contributed by atoms with Gasteiger partial charge in [-0.15, -0.1) is 0 Å². The van der Waals surface area contributed by atoms with Gasteiger partial charge in [-0.2, -0.15) is 8.78 Å². The van der Waals surface area contributed by atoms with Gasteiger partial charge in [-0.1, -0.05) is 64.4 Å². The number of ether oxygens (including phenoxy) is 2. The van der Waals surface area contributed by atoms with Crippen molar-refractivity contribution in [2.24, 2.45) is 11.8 Å². The SMILES string of the molecule is CCC(C)C(NC(=O)C(CCC(=O)O)NC(=O)C(NC(=O)OCc1ccccc1)C(C)C)C(=O)NC(CC(=O)O)C(=O)COc1c(F)c(F)cc(F)c1F. The number of aliphatic carboxylic acids is 2. The van der Waals surface area contributed by atoms with E-state index in [1.165, 1.54) is 6.92 Å². The van der Waals surface area contributed by atoms with Crippen LogP contribution in [0.5, 0.6) is 5.75 Å². The van der Waals surface area contributed by atoms with Gasteiger partial charge in [0.05, 0.1) is 6.42 Å². The lowest BCUT2D eigenvalue weighted by atomic mass is 9.96. The van der Waals surface area contributed by atoms with Gasteiger partial charge in [0.2, 0.25) is 29.4 Å². The summed E-state index contributed by atoms with van der Waals surface area (Å²) in [6.45, 7) is 4.82. The zero-order valence-corrected chi connectivity index (χ0v) is 29.8. The molecule has 0 radical (unpaired) electrons. The van der Waals surface area contributed by atoms with Crippen LogP contribution in [0.25, 0.3) is 0 Å². The van der Waals surface area contributed by atoms with Crippen molar-refractivity contribution in [2.75, 3.05) is 6.61 Å². The van der Waals surface area contributed by atoms with Crippen molar-refractivity contribution in [3.05, 3.63) is 65.2 Å². The Kier molecular flexibility index (Phi) is 17.3. The molecule has 2 aromatic rings. The van der Waals surface area contributed by atoms with Gasteiger partial charge in [-0.05, 0) is 23.8 Å². The number of nitrogens with one attached hydrogen (secondary N) is 4. The third kappa shape index (κ3) is 13.7. The lowest BCUT2D eigenvalue weighted by molar-refractivity contribution is -0.141. The second-order valence-corrected chi connectivity index (χ2v) is 12.5. The van der Waals surface area contributed by atoms with E-state index in [0.717, 1.165) is 0 Å². The summed E-state index contributed by atoms with van der Waals surface area (Å²) < 4.78 is 65.0. The first kappa shape index (κ1) is 44.4. The quantitative estimate of drug-likeness (QED) is 0.0799. The number of alkyl carbamates (subject to hydrolysis) is 1. The molecule has 0 saturated heterocycles. The van der Waals surface area contributed by atoms with E-state index in [1.54, 1.807) is 51.1 Å². The van der Waals surface area contributed by atoms with Crippen molar-refractivity contribution in [3.63, 3.8) is 0 Å². The highest BCUT2D eigenvalue weighted by molar-refractivity contribution is 5.97. The fourth-order valence-electron chi connectivity index (χ4n) is 4.78. The number of amides is 4. The van der Waals surface area contributed by atoms with Gasteiger partial charge < -0.3 is 41.0 Å². The number of hydrogen-bond acceptors (Lipinski definition) is 9. The maximum Gasteiger partial charge on any atom is 0.408 e. The number of carbonyl (C=O) groups is 7. The molecule has 0 aliphatic rings. The number of carbonyl (C=O) groups excluding carboxylic acids is 5. The minimum atomic E-state index is -1.97. The third-order valence-corrected chi connectivity index (χ3v) is 8.02. The molecule has 5 atom stereocenters. The zero-order chi connectivity index (χ0) is 40.7. The second-order valence-electron chi connectivity index (χ2n) is 12.5. The van der Waals surface area contributed by atoms with Gasteiger partial charge in [-0.25, -0.2) is 13.6 Å². The van der Waals surface area contributed by atoms with Crippen LogP contribution in [0.1, 0.15) is 58.9 Å². The first-order valence-corrected chi connectivity index (χ1v) is 16.7. The molecule has 0 aliphatic carbocycles. The maximum atomic E-state index is 14.0. The summed E-state index contributed by atoms with van der Waals surface area (Å²) >= 11 is 0. The number of benzene rings is 2. The smallest absolute Gasteiger partial charge is 0.408 e. The van der Waals surface area contributed by atoms with Crippen LogP contribution >= 0.6 is 0 Å². The average Bonchev–Trinajstić information content (AvgIpc) is 3.11. The van der Waals surface area contributed by atoms with Crippen LogP contribution < -0.4 is 26.0 Å². The summed E-state index contributed by atoms with van der Waals surface area (Å²) in [4.78, 5) is 88.7. The van der Waals surface area contributed by atoms with Crippen molar-refractivity contribution in [1.29, 1.82) is 0 Å². The molecule has 0 aromatic heterocycles. The van der Waals surface area contributed by atoms with Gasteiger partial charge in [0.15, 0.2) is 23.2 Å². The summed E-state index contributed by atoms with van der Waals surface area (Å²) in [6.07, 6.45) is -2.94. The van der Waals surface area contributed by atoms with E-state index in [4.69, 9.17) is 4.74 Å². The van der Waals surface area contributed by atoms with Crippen LogP contribution in [0, 0.1) is 35.1 Å². The van der Waals surface area contributed by atoms with Crippen molar-refractivity contribution in [2.45, 2.75) is 84.2 Å². The van der Waals surface area contributed by atoms with Gasteiger partial charge in [0.1, 0.15) is 37.4 Å². The van der Waals surface area contributed by atoms with Crippen molar-refractivity contribution >= 4 is 41.5 Å². The molecule has 15 nitrogen and oxygen atoms in total. The minimum Gasteiger partial charge on any atom is -0.481 e. The molecular weight excluding hydrogens is 728 g/mol. The zero-order valence-electron chi connectivity index (χ0n) is 29.8. The van der Waals surface area contributed by atoms with E-state index < -0.39 is 132 Å². The van der Waals surface area contributed by atoms with Gasteiger partial charge >= 0.3 is 18.0 Å². The molecule has 0 heterocycles. The summed E-state index contributed by atoms with van der Waals surface area (Å²) in [5.74, 6) is -17.8. The molecule has 0 fully saturated rings. The van der Waals surface area contributed by atoms with Gasteiger partial charge in [-0.3, -0.25) is 28.8 Å². The highest BCUT2D eigenvalue weighted by atomic mass is 19.2. The topological polar surface area (TPSA) is 227 Å². The summed E-state index contributed by atoms with van der Waals surface area (Å²) in [5, 5.41) is 28.0. The first-order valence-electron chi connectivity index (χ1n) is 16.7. The van der Waals surface area contributed by atoms with Crippen LogP contribution in [0.15, 0.2) is 36.4 Å². The van der Waals surface area contributed by atoms with Crippen LogP contribution in [0.4, 0.5) is 22.4 Å². The molecule has 54 heavy (non-hydrogen) atoms. The van der Waals surface area contributed by atoms with Crippen LogP contribution in [-0.2, 0) is 40.1 Å². The number of carboxylic acid groups (broad SMARTS) is 2. The second kappa shape index (κ2) is 21.1. The Bertz CT molecular complexity index is 1650. The Balaban J connectivity index is 2.24. The lowest BCUT2D eigenvalue weighted by Gasteiger charge is -2.29. The number of rotatable bonds is 21. The van der Waals surface area contributed by atoms with Crippen molar-refractivity contribution < 1.29 is 70.8 Å². The van der Waals surface area contributed by atoms with Crippen molar-refractivity contribution in [3.8, 4) is 5.75 Å². The molecule has 0 bridgehead atoms. The monoisotopic (exact) mass is 770 g/mol. The van der Waals surface area contributed by atoms with Gasteiger partial charge in [0.25, 0.3) is 0 Å². The lowest BCUT2D eigenvalue weighted by Crippen LogP contribution is -2.60. The molecule has 2 aromatic carbocycles. The van der Waals surface area contributed by atoms with E-state index in [1.807, 2.05) is 0 Å². The average molecular weight is 771 g/mol. The number of ketones is 1. The Morgan fingerprint density at radius 2 is 1.31 bits per heavy atom. The van der Waals surface area contributed by atoms with E-state index >= 15 is 0 Å². The Labute approximate surface area is 307 Å². The van der Waals surface area contributed by atoms with Crippen LogP contribution in [0.3, 0.4) is 0 Å². The highest BCUT2D eigenvalue weighted by Gasteiger charge is 2.35. The molecule has 0 saturated carbocycles. The van der Waals surface area contributed by atoms with Gasteiger partial charge in [0, 0.05) is 12.5 Å². The Hall–Kier alpha value is -5.75. The number of hydrogen-bond donors (Lipinski definition) is 6. The summed E-state index contributed by atoms with van der Waals surface area (Å²) in [5.41, 5.74) is 0.668. The van der Waals surface area contributed by atoms with E-state index in [0.29, 0.717) is 5.56 Å². The molecular formula is C35H42F4N4O11. The van der Waals surface area contributed by atoms with E-state index in [-0.39, 0.29) is 19.1 Å². The minimum absolute atomic E-state index is 0.0997. The fourth-order valence-corrected chi connectivity index (χ4v) is 4.78. The molecule has 4 amide bonds. The van der Waals surface area contributed by atoms with Crippen LogP contribution in [-0.4, -0.2) is 82.5 Å². The maximum absolute atomic E-state index is 14.0. The largest absolute Gasteiger partial charge is 0.481 e. The highest BCUT2D eigenvalue weighted by Crippen LogP contribution is 2.26. The van der Waals surface area contributed by atoms with E-state index in [9.17, 15) is 61.3 Å². The molecule has 6 N–H and O–H groups in total. The Morgan fingerprint density at radius 3 is 1.85 bits per heavy atom. The molecule has 296 valence electrons. The molecule has 2 rings (SSSR count). The summed E-state index contributed by atoms with van der Waals surface area (Å²) in [7, 11) is 0. The number of carboxylic acids is 2. The summed E-state index contributed by atoms with van der Waals surface area (Å²) in [6, 6.07) is 2.22. The number of Topliss-reactive ketones (excluding diaryl/α,β-unsaturated/α-hetero) is 1. The number of halogens is 4.